The number of hydrogen-bond donors (Lipinski definition) is 5. The Kier molecular flexibility index (Phi) is 13.6. The second-order valence-electron chi connectivity index (χ2n) is 14.1. The van der Waals surface area contributed by atoms with Crippen LogP contribution in [0, 0.1) is 17.2 Å². The van der Waals surface area contributed by atoms with E-state index in [2.05, 4.69) is 20.9 Å². The van der Waals surface area contributed by atoms with Crippen molar-refractivity contribution in [3.8, 4) is 0 Å². The molecule has 6 N–H and O–H groups in total. The monoisotopic (exact) mass is 675 g/mol. The smallest absolute Gasteiger partial charge is 0.410 e. The summed E-state index contributed by atoms with van der Waals surface area (Å²) in [5, 5.41) is 16.6. The molecule has 2 atom stereocenters. The molecule has 1 saturated heterocycles. The molecule has 0 aromatic heterocycles. The van der Waals surface area contributed by atoms with Gasteiger partial charge in [-0.1, -0.05) is 73.9 Å². The molecule has 1 heterocycles. The summed E-state index contributed by atoms with van der Waals surface area (Å²) in [6.45, 7) is 9.27. The zero-order valence-electron chi connectivity index (χ0n) is 29.1. The first kappa shape index (κ1) is 37.4. The molecule has 2 aromatic rings. The number of nitrogens with two attached hydrogens (primary N) is 1. The molecule has 1 saturated carbocycles. The van der Waals surface area contributed by atoms with Crippen LogP contribution in [0.25, 0.3) is 0 Å². The Morgan fingerprint density at radius 1 is 0.857 bits per heavy atom. The van der Waals surface area contributed by atoms with Gasteiger partial charge in [-0.2, -0.15) is 0 Å². The average molecular weight is 676 g/mol. The van der Waals surface area contributed by atoms with Gasteiger partial charge in [0.15, 0.2) is 0 Å². The van der Waals surface area contributed by atoms with Crippen molar-refractivity contribution in [1.82, 2.24) is 25.8 Å². The fourth-order valence-electron chi connectivity index (χ4n) is 6.32. The maximum Gasteiger partial charge on any atom is 0.410 e. The maximum absolute atomic E-state index is 14.0. The molecule has 12 heteroatoms. The number of nitrogens with one attached hydrogen (secondary N) is 4. The number of amidine groups is 1. The molecule has 4 amide bonds. The van der Waals surface area contributed by atoms with Crippen LogP contribution in [0.5, 0.6) is 0 Å². The molecule has 2 fully saturated rings. The lowest BCUT2D eigenvalue weighted by Crippen LogP contribution is -2.56. The molecule has 0 radical (unpaired) electrons. The molecule has 0 spiro atoms. The van der Waals surface area contributed by atoms with E-state index in [0.29, 0.717) is 44.8 Å². The summed E-state index contributed by atoms with van der Waals surface area (Å²) in [6.07, 6.45) is 4.51. The molecule has 4 rings (SSSR count). The number of rotatable bonds is 13. The highest BCUT2D eigenvalue weighted by Gasteiger charge is 2.35. The minimum absolute atomic E-state index is 0.0297. The number of benzene rings is 2. The van der Waals surface area contributed by atoms with Crippen molar-refractivity contribution in [3.63, 3.8) is 0 Å². The Morgan fingerprint density at radius 2 is 1.51 bits per heavy atom. The molecule has 2 aliphatic rings. The number of amides is 4. The van der Waals surface area contributed by atoms with Gasteiger partial charge >= 0.3 is 6.09 Å². The van der Waals surface area contributed by atoms with Crippen LogP contribution in [0.4, 0.5) is 4.79 Å². The van der Waals surface area contributed by atoms with Crippen LogP contribution in [0.15, 0.2) is 54.6 Å². The Balaban J connectivity index is 1.39. The Labute approximate surface area is 290 Å². The number of nitrogens with zero attached hydrogens (tertiary/aromatic N) is 2. The topological polar surface area (TPSA) is 170 Å². The normalized spacial score (nSPS) is 17.0. The van der Waals surface area contributed by atoms with Gasteiger partial charge in [0.2, 0.25) is 17.7 Å². The zero-order valence-corrected chi connectivity index (χ0v) is 29.1. The van der Waals surface area contributed by atoms with Crippen LogP contribution in [0.2, 0.25) is 0 Å². The van der Waals surface area contributed by atoms with Gasteiger partial charge in [0.1, 0.15) is 23.4 Å². The van der Waals surface area contributed by atoms with E-state index in [1.165, 1.54) is 0 Å². The molecular formula is C37H53N7O5. The van der Waals surface area contributed by atoms with Crippen molar-refractivity contribution in [1.29, 1.82) is 5.41 Å². The highest BCUT2D eigenvalue weighted by atomic mass is 16.6. The fraction of sp³-hybridized carbons (Fsp3) is 0.541. The summed E-state index contributed by atoms with van der Waals surface area (Å²) < 4.78 is 5.49. The van der Waals surface area contributed by atoms with E-state index in [-0.39, 0.29) is 36.7 Å². The first-order valence-electron chi connectivity index (χ1n) is 17.4. The van der Waals surface area contributed by atoms with Gasteiger partial charge in [0.25, 0.3) is 0 Å². The number of carbonyl (C=O) groups excluding carboxylic acids is 4. The van der Waals surface area contributed by atoms with Crippen LogP contribution >= 0.6 is 0 Å². The lowest BCUT2D eigenvalue weighted by molar-refractivity contribution is -0.138. The van der Waals surface area contributed by atoms with Crippen LogP contribution < -0.4 is 21.7 Å². The third-order valence-electron chi connectivity index (χ3n) is 9.10. The molecule has 0 bridgehead atoms. The number of ether oxygens (including phenoxy) is 1. The Hall–Kier alpha value is -4.45. The summed E-state index contributed by atoms with van der Waals surface area (Å²) in [6, 6.07) is 15.6. The van der Waals surface area contributed by atoms with Crippen molar-refractivity contribution < 1.29 is 23.9 Å². The van der Waals surface area contributed by atoms with Crippen molar-refractivity contribution >= 4 is 29.7 Å². The molecule has 12 nitrogen and oxygen atoms in total. The van der Waals surface area contributed by atoms with Gasteiger partial charge in [0, 0.05) is 51.4 Å². The van der Waals surface area contributed by atoms with E-state index in [0.717, 1.165) is 43.2 Å². The second-order valence-corrected chi connectivity index (χ2v) is 14.1. The highest BCUT2D eigenvalue weighted by molar-refractivity contribution is 6.02. The summed E-state index contributed by atoms with van der Waals surface area (Å²) in [5.41, 5.74) is 7.28. The number of carbonyl (C=O) groups is 4. The van der Waals surface area contributed by atoms with Gasteiger partial charge in [0.05, 0.1) is 0 Å². The van der Waals surface area contributed by atoms with E-state index in [4.69, 9.17) is 15.9 Å². The van der Waals surface area contributed by atoms with E-state index in [1.54, 1.807) is 29.2 Å². The third kappa shape index (κ3) is 11.9. The first-order valence-corrected chi connectivity index (χ1v) is 17.4. The zero-order chi connectivity index (χ0) is 35.4. The molecular weight excluding hydrogens is 622 g/mol. The van der Waals surface area contributed by atoms with Crippen molar-refractivity contribution in [3.05, 3.63) is 71.3 Å². The minimum Gasteiger partial charge on any atom is -0.444 e. The standard InChI is InChI=1S/C37H53N7O5/c1-37(2,3)49-36(48)44-22-20-43(21-23-44)19-18-40-35(47)31(28-12-8-5-9-13-28)42-34(46)30(24-26-14-16-29(17-15-26)32(38)39)33(45)41-25-27-10-6-4-7-11-27/h4,6-7,10-11,14-17,28,30-31H,5,8-9,12-13,18-25H2,1-3H3,(H3,38,39)(H,40,47)(H,41,45)(H,42,46)/t30-,31?/m0/s1. The molecule has 49 heavy (non-hydrogen) atoms. The number of nitrogen functional groups attached to an aromatic ring is 1. The van der Waals surface area contributed by atoms with E-state index >= 15 is 0 Å². The Morgan fingerprint density at radius 3 is 2.12 bits per heavy atom. The summed E-state index contributed by atoms with van der Waals surface area (Å²) >= 11 is 0. The van der Waals surface area contributed by atoms with E-state index in [1.807, 2.05) is 51.1 Å². The predicted molar refractivity (Wildman–Crippen MR) is 189 cm³/mol. The minimum atomic E-state index is -1.08. The summed E-state index contributed by atoms with van der Waals surface area (Å²) in [7, 11) is 0. The molecule has 1 unspecified atom stereocenters. The lowest BCUT2D eigenvalue weighted by Gasteiger charge is -2.35. The van der Waals surface area contributed by atoms with Gasteiger partial charge in [-0.15, -0.1) is 0 Å². The van der Waals surface area contributed by atoms with E-state index in [9.17, 15) is 19.2 Å². The number of piperazine rings is 1. The molecule has 1 aliphatic heterocycles. The fourth-order valence-corrected chi connectivity index (χ4v) is 6.32. The van der Waals surface area contributed by atoms with Crippen LogP contribution in [0.1, 0.15) is 69.6 Å². The van der Waals surface area contributed by atoms with Gasteiger partial charge < -0.3 is 31.3 Å². The van der Waals surface area contributed by atoms with Crippen molar-refractivity contribution in [2.75, 3.05) is 39.3 Å². The largest absolute Gasteiger partial charge is 0.444 e. The van der Waals surface area contributed by atoms with Crippen LogP contribution in [0.3, 0.4) is 0 Å². The third-order valence-corrected chi connectivity index (χ3v) is 9.10. The Bertz CT molecular complexity index is 1410. The van der Waals surface area contributed by atoms with Crippen molar-refractivity contribution in [2.45, 2.75) is 77.5 Å². The molecule has 2 aromatic carbocycles. The van der Waals surface area contributed by atoms with Crippen molar-refractivity contribution in [2.24, 2.45) is 17.6 Å². The lowest BCUT2D eigenvalue weighted by atomic mass is 9.83. The summed E-state index contributed by atoms with van der Waals surface area (Å²) in [5.74, 6) is -2.34. The molecule has 1 aliphatic carbocycles. The van der Waals surface area contributed by atoms with Gasteiger partial charge in [-0.25, -0.2) is 4.79 Å². The SMILES string of the molecule is CC(C)(C)OC(=O)N1CCN(CCNC(=O)C(NC(=O)[C@@H](Cc2ccc(C(=N)N)cc2)C(=O)NCc2ccccc2)C2CCCCC2)CC1. The summed E-state index contributed by atoms with van der Waals surface area (Å²) in [4.78, 5) is 57.6. The molecule has 266 valence electrons. The maximum atomic E-state index is 14.0. The van der Waals surface area contributed by atoms with Crippen LogP contribution in [-0.2, 0) is 32.1 Å². The average Bonchev–Trinajstić information content (AvgIpc) is 3.09. The quantitative estimate of drug-likeness (QED) is 0.123. The second kappa shape index (κ2) is 17.8. The van der Waals surface area contributed by atoms with E-state index < -0.39 is 29.4 Å². The van der Waals surface area contributed by atoms with Gasteiger partial charge in [-0.05, 0) is 57.1 Å². The first-order chi connectivity index (χ1) is 23.4. The van der Waals surface area contributed by atoms with Crippen LogP contribution in [-0.4, -0.2) is 90.4 Å². The predicted octanol–water partition coefficient (Wildman–Crippen LogP) is 3.18. The number of hydrogen-bond acceptors (Lipinski definition) is 7. The highest BCUT2D eigenvalue weighted by Crippen LogP contribution is 2.27. The van der Waals surface area contributed by atoms with Gasteiger partial charge in [-0.3, -0.25) is 24.7 Å².